The molecule has 1 rings (SSSR count). The molecule has 0 spiro atoms. The van der Waals surface area contributed by atoms with Gasteiger partial charge in [-0.2, -0.15) is 0 Å². The second kappa shape index (κ2) is 8.37. The molecule has 0 aromatic carbocycles. The molecule has 18 heavy (non-hydrogen) atoms. The van der Waals surface area contributed by atoms with Gasteiger partial charge in [0.2, 0.25) is 0 Å². The molecule has 1 aliphatic rings. The number of esters is 1. The topological polar surface area (TPSA) is 72.6 Å². The van der Waals surface area contributed by atoms with Gasteiger partial charge in [0.05, 0.1) is 6.61 Å². The Hall–Kier alpha value is -0.750. The van der Waals surface area contributed by atoms with E-state index in [1.54, 1.807) is 4.90 Å². The normalized spacial score (nSPS) is 19.0. The lowest BCUT2D eigenvalue weighted by atomic mass is 10.2. The van der Waals surface area contributed by atoms with Gasteiger partial charge in [-0.3, -0.25) is 4.79 Å². The van der Waals surface area contributed by atoms with Crippen LogP contribution in [0.2, 0.25) is 0 Å². The minimum Gasteiger partial charge on any atom is -0.464 e. The number of thioether (sulfide) groups is 1. The maximum Gasteiger partial charge on any atom is 0.328 e. The highest BCUT2D eigenvalue weighted by Gasteiger charge is 2.35. The van der Waals surface area contributed by atoms with E-state index in [9.17, 15) is 9.59 Å². The average molecular weight is 274 g/mol. The fourth-order valence-corrected chi connectivity index (χ4v) is 2.55. The molecule has 0 aromatic heterocycles. The van der Waals surface area contributed by atoms with Crippen LogP contribution in [0.5, 0.6) is 0 Å². The summed E-state index contributed by atoms with van der Waals surface area (Å²) in [5.74, 6) is 0.329. The zero-order valence-corrected chi connectivity index (χ0v) is 11.7. The summed E-state index contributed by atoms with van der Waals surface area (Å²) in [5, 5.41) is -0.0598. The molecule has 6 heteroatoms. The lowest BCUT2D eigenvalue weighted by Crippen LogP contribution is -2.39. The zero-order valence-electron chi connectivity index (χ0n) is 10.9. The number of rotatable bonds is 6. The molecule has 0 aliphatic carbocycles. The second-order valence-electron chi connectivity index (χ2n) is 4.28. The summed E-state index contributed by atoms with van der Waals surface area (Å²) >= 11 is 1.18. The largest absolute Gasteiger partial charge is 0.464 e. The van der Waals surface area contributed by atoms with Gasteiger partial charge in [-0.15, -0.1) is 0 Å². The first-order chi connectivity index (χ1) is 8.70. The monoisotopic (exact) mass is 274 g/mol. The number of nitrogens with two attached hydrogens (primary N) is 1. The van der Waals surface area contributed by atoms with Crippen LogP contribution in [0.4, 0.5) is 4.79 Å². The van der Waals surface area contributed by atoms with Crippen molar-refractivity contribution < 1.29 is 14.3 Å². The Morgan fingerprint density at radius 1 is 1.50 bits per heavy atom. The van der Waals surface area contributed by atoms with Crippen LogP contribution in [0.1, 0.15) is 32.6 Å². The van der Waals surface area contributed by atoms with E-state index in [0.717, 1.165) is 19.3 Å². The fraction of sp³-hybridized carbons (Fsp3) is 0.833. The number of carbonyl (C=O) groups is 2. The van der Waals surface area contributed by atoms with Crippen molar-refractivity contribution in [2.24, 2.45) is 5.73 Å². The van der Waals surface area contributed by atoms with E-state index in [4.69, 9.17) is 10.5 Å². The second-order valence-corrected chi connectivity index (χ2v) is 5.32. The number of likely N-dealkylation sites (tertiary alicyclic amines) is 1. The number of carbonyl (C=O) groups excluding carboxylic acids is 2. The van der Waals surface area contributed by atoms with Gasteiger partial charge in [0.25, 0.3) is 5.24 Å². The number of unbranched alkanes of at least 4 members (excludes halogenated alkanes) is 1. The molecule has 0 radical (unpaired) electrons. The summed E-state index contributed by atoms with van der Waals surface area (Å²) in [6, 6.07) is -0.389. The van der Waals surface area contributed by atoms with Gasteiger partial charge in [-0.25, -0.2) is 4.79 Å². The quantitative estimate of drug-likeness (QED) is 0.588. The van der Waals surface area contributed by atoms with Gasteiger partial charge in [0, 0.05) is 18.8 Å². The van der Waals surface area contributed by atoms with Gasteiger partial charge in [0.15, 0.2) is 0 Å². The van der Waals surface area contributed by atoms with Crippen LogP contribution in [0.15, 0.2) is 0 Å². The van der Waals surface area contributed by atoms with Crippen LogP contribution in [0.25, 0.3) is 0 Å². The molecule has 1 unspecified atom stereocenters. The van der Waals surface area contributed by atoms with Crippen molar-refractivity contribution in [1.82, 2.24) is 4.90 Å². The third-order valence-electron chi connectivity index (χ3n) is 2.84. The molecule has 1 saturated heterocycles. The Morgan fingerprint density at radius 3 is 2.94 bits per heavy atom. The Morgan fingerprint density at radius 2 is 2.28 bits per heavy atom. The highest BCUT2D eigenvalue weighted by molar-refractivity contribution is 8.13. The number of hydrogen-bond donors (Lipinski definition) is 1. The standard InChI is InChI=1S/C12H22N2O3S/c1-2-3-8-17-11(15)10-5-4-7-14(10)12(16)18-9-6-13/h10H,2-9,13H2,1H3. The van der Waals surface area contributed by atoms with Crippen molar-refractivity contribution in [3.63, 3.8) is 0 Å². The predicted octanol–water partition coefficient (Wildman–Crippen LogP) is 1.61. The molecular weight excluding hydrogens is 252 g/mol. The van der Waals surface area contributed by atoms with Crippen molar-refractivity contribution in [2.45, 2.75) is 38.6 Å². The van der Waals surface area contributed by atoms with Gasteiger partial charge in [-0.1, -0.05) is 25.1 Å². The Labute approximate surface area is 112 Å². The van der Waals surface area contributed by atoms with Crippen LogP contribution in [0.3, 0.4) is 0 Å². The molecule has 1 fully saturated rings. The molecule has 1 heterocycles. The van der Waals surface area contributed by atoms with Crippen LogP contribution >= 0.6 is 11.8 Å². The van der Waals surface area contributed by atoms with E-state index in [0.29, 0.717) is 31.9 Å². The first-order valence-corrected chi connectivity index (χ1v) is 7.49. The van der Waals surface area contributed by atoms with Gasteiger partial charge >= 0.3 is 5.97 Å². The van der Waals surface area contributed by atoms with Gasteiger partial charge in [0.1, 0.15) is 6.04 Å². The number of amides is 1. The smallest absolute Gasteiger partial charge is 0.328 e. The maximum atomic E-state index is 11.9. The predicted molar refractivity (Wildman–Crippen MR) is 72.5 cm³/mol. The first-order valence-electron chi connectivity index (χ1n) is 6.50. The zero-order chi connectivity index (χ0) is 13.4. The summed E-state index contributed by atoms with van der Waals surface area (Å²) < 4.78 is 5.18. The molecule has 5 nitrogen and oxygen atoms in total. The Balaban J connectivity index is 2.43. The molecule has 1 amide bonds. The molecule has 0 aromatic rings. The van der Waals surface area contributed by atoms with E-state index >= 15 is 0 Å². The van der Waals surface area contributed by atoms with Crippen molar-refractivity contribution in [3.05, 3.63) is 0 Å². The molecular formula is C12H22N2O3S. The maximum absolute atomic E-state index is 11.9. The number of ether oxygens (including phenoxy) is 1. The molecule has 104 valence electrons. The first kappa shape index (κ1) is 15.3. The third-order valence-corrected chi connectivity index (χ3v) is 3.77. The van der Waals surface area contributed by atoms with Crippen LogP contribution in [-0.4, -0.2) is 47.6 Å². The summed E-state index contributed by atoms with van der Waals surface area (Å²) in [5.41, 5.74) is 5.37. The minimum absolute atomic E-state index is 0.0598. The molecule has 1 atom stereocenters. The minimum atomic E-state index is -0.389. The SMILES string of the molecule is CCCCOC(=O)C1CCCN1C(=O)SCCN. The van der Waals surface area contributed by atoms with E-state index in [1.807, 2.05) is 6.92 Å². The lowest BCUT2D eigenvalue weighted by molar-refractivity contribution is -0.148. The molecule has 1 aliphatic heterocycles. The van der Waals surface area contributed by atoms with Crippen molar-refractivity contribution in [3.8, 4) is 0 Å². The number of hydrogen-bond acceptors (Lipinski definition) is 5. The van der Waals surface area contributed by atoms with E-state index in [-0.39, 0.29) is 17.3 Å². The van der Waals surface area contributed by atoms with E-state index in [2.05, 4.69) is 0 Å². The number of nitrogens with zero attached hydrogens (tertiary/aromatic N) is 1. The third kappa shape index (κ3) is 4.49. The van der Waals surface area contributed by atoms with Crippen molar-refractivity contribution >= 4 is 23.0 Å². The summed E-state index contributed by atoms with van der Waals surface area (Å²) in [7, 11) is 0. The molecule has 2 N–H and O–H groups in total. The highest BCUT2D eigenvalue weighted by Crippen LogP contribution is 2.23. The van der Waals surface area contributed by atoms with Crippen LogP contribution < -0.4 is 5.73 Å². The molecule has 0 saturated carbocycles. The van der Waals surface area contributed by atoms with Crippen molar-refractivity contribution in [2.75, 3.05) is 25.4 Å². The van der Waals surface area contributed by atoms with Crippen LogP contribution in [0, 0.1) is 0 Å². The summed E-state index contributed by atoms with van der Waals surface area (Å²) in [6.45, 7) is 3.60. The average Bonchev–Trinajstić information content (AvgIpc) is 2.85. The van der Waals surface area contributed by atoms with Gasteiger partial charge in [-0.05, 0) is 19.3 Å². The van der Waals surface area contributed by atoms with Crippen LogP contribution in [-0.2, 0) is 9.53 Å². The summed E-state index contributed by atoms with van der Waals surface area (Å²) in [6.07, 6.45) is 3.43. The Bertz CT molecular complexity index is 286. The summed E-state index contributed by atoms with van der Waals surface area (Å²) in [4.78, 5) is 25.4. The Kier molecular flexibility index (Phi) is 7.12. The lowest BCUT2D eigenvalue weighted by Gasteiger charge is -2.22. The van der Waals surface area contributed by atoms with Gasteiger partial charge < -0.3 is 15.4 Å². The van der Waals surface area contributed by atoms with E-state index < -0.39 is 0 Å². The highest BCUT2D eigenvalue weighted by atomic mass is 32.2. The molecule has 0 bridgehead atoms. The van der Waals surface area contributed by atoms with E-state index in [1.165, 1.54) is 11.8 Å². The fourth-order valence-electron chi connectivity index (χ4n) is 1.87. The van der Waals surface area contributed by atoms with Crippen molar-refractivity contribution in [1.29, 1.82) is 0 Å².